The van der Waals surface area contributed by atoms with Crippen LogP contribution in [-0.4, -0.2) is 67.4 Å². The van der Waals surface area contributed by atoms with Gasteiger partial charge in [0.15, 0.2) is 5.79 Å². The van der Waals surface area contributed by atoms with Crippen molar-refractivity contribution in [2.75, 3.05) is 45.9 Å². The van der Waals surface area contributed by atoms with Crippen LogP contribution in [0, 0.1) is 0 Å². The molecule has 0 aliphatic carbocycles. The molecule has 2 saturated heterocycles. The van der Waals surface area contributed by atoms with Crippen LogP contribution in [0.15, 0.2) is 0 Å². The van der Waals surface area contributed by atoms with Gasteiger partial charge in [-0.3, -0.25) is 9.69 Å². The van der Waals surface area contributed by atoms with Crippen molar-refractivity contribution >= 4 is 5.91 Å². The smallest absolute Gasteiger partial charge is 0.236 e. The third-order valence-electron chi connectivity index (χ3n) is 4.13. The highest BCUT2D eigenvalue weighted by molar-refractivity contribution is 5.78. The molecule has 0 aromatic heterocycles. The van der Waals surface area contributed by atoms with Gasteiger partial charge in [-0.15, -0.1) is 0 Å². The maximum atomic E-state index is 12.3. The van der Waals surface area contributed by atoms with E-state index in [1.807, 2.05) is 4.90 Å². The van der Waals surface area contributed by atoms with E-state index in [9.17, 15) is 4.79 Å². The summed E-state index contributed by atoms with van der Waals surface area (Å²) in [5.74, 6) is -0.0792. The second-order valence-electron chi connectivity index (χ2n) is 5.76. The Bertz CT molecular complexity index is 300. The van der Waals surface area contributed by atoms with E-state index >= 15 is 0 Å². The monoisotopic (exact) mass is 284 g/mol. The number of amides is 1. The third-order valence-corrected chi connectivity index (χ3v) is 4.13. The molecule has 5 heteroatoms. The third kappa shape index (κ3) is 3.93. The number of hydrogen-bond donors (Lipinski definition) is 0. The minimum atomic E-state index is -0.341. The van der Waals surface area contributed by atoms with E-state index in [1.54, 1.807) is 0 Å². The Morgan fingerprint density at radius 3 is 2.15 bits per heavy atom. The average Bonchev–Trinajstić information content (AvgIpc) is 2.90. The minimum Gasteiger partial charge on any atom is -0.347 e. The van der Waals surface area contributed by atoms with E-state index in [2.05, 4.69) is 18.7 Å². The lowest BCUT2D eigenvalue weighted by atomic mass is 10.0. The summed E-state index contributed by atoms with van der Waals surface area (Å²) in [7, 11) is 0. The second kappa shape index (κ2) is 7.38. The van der Waals surface area contributed by atoms with Crippen molar-refractivity contribution in [1.29, 1.82) is 0 Å². The SMILES string of the molecule is CCCN(CCC)C(=O)CN1CCC2(CC1)OCCO2. The number of rotatable bonds is 6. The van der Waals surface area contributed by atoms with E-state index in [4.69, 9.17) is 9.47 Å². The van der Waals surface area contributed by atoms with Crippen LogP contribution in [0.4, 0.5) is 0 Å². The summed E-state index contributed by atoms with van der Waals surface area (Å²) in [4.78, 5) is 16.6. The number of ether oxygens (including phenoxy) is 2. The van der Waals surface area contributed by atoms with E-state index < -0.39 is 0 Å². The van der Waals surface area contributed by atoms with Gasteiger partial charge in [0.1, 0.15) is 0 Å². The molecular formula is C15H28N2O3. The fourth-order valence-corrected chi connectivity index (χ4v) is 3.03. The number of nitrogens with zero attached hydrogens (tertiary/aromatic N) is 2. The van der Waals surface area contributed by atoms with Crippen molar-refractivity contribution in [3.05, 3.63) is 0 Å². The molecule has 0 bridgehead atoms. The zero-order valence-corrected chi connectivity index (χ0v) is 12.9. The molecule has 2 aliphatic heterocycles. The highest BCUT2D eigenvalue weighted by Crippen LogP contribution is 2.31. The summed E-state index contributed by atoms with van der Waals surface area (Å²) in [5.41, 5.74) is 0. The number of carbonyl (C=O) groups is 1. The van der Waals surface area contributed by atoms with Gasteiger partial charge in [0.05, 0.1) is 19.8 Å². The molecule has 0 aromatic rings. The van der Waals surface area contributed by atoms with Gasteiger partial charge in [0, 0.05) is 39.0 Å². The van der Waals surface area contributed by atoms with Crippen LogP contribution in [0.5, 0.6) is 0 Å². The summed E-state index contributed by atoms with van der Waals surface area (Å²) in [5, 5.41) is 0. The average molecular weight is 284 g/mol. The predicted octanol–water partition coefficient (Wildman–Crippen LogP) is 1.47. The standard InChI is InChI=1S/C15H28N2O3/c1-3-7-17(8-4-2)14(18)13-16-9-5-15(6-10-16)19-11-12-20-15/h3-13H2,1-2H3. The minimum absolute atomic E-state index is 0.262. The lowest BCUT2D eigenvalue weighted by Gasteiger charge is -2.37. The number of piperidine rings is 1. The van der Waals surface area contributed by atoms with Gasteiger partial charge in [0.2, 0.25) is 5.91 Å². The fraction of sp³-hybridized carbons (Fsp3) is 0.933. The van der Waals surface area contributed by atoms with E-state index in [-0.39, 0.29) is 11.7 Å². The topological polar surface area (TPSA) is 42.0 Å². The molecule has 2 heterocycles. The van der Waals surface area contributed by atoms with Crippen molar-refractivity contribution in [1.82, 2.24) is 9.80 Å². The van der Waals surface area contributed by atoms with Crippen molar-refractivity contribution in [2.45, 2.75) is 45.3 Å². The van der Waals surface area contributed by atoms with Crippen LogP contribution in [0.25, 0.3) is 0 Å². The van der Waals surface area contributed by atoms with E-state index in [1.165, 1.54) is 0 Å². The first-order valence-electron chi connectivity index (χ1n) is 7.97. The van der Waals surface area contributed by atoms with E-state index in [0.29, 0.717) is 19.8 Å². The molecule has 0 N–H and O–H groups in total. The highest BCUT2D eigenvalue weighted by atomic mass is 16.7. The Hall–Kier alpha value is -0.650. The maximum Gasteiger partial charge on any atom is 0.236 e. The molecule has 2 rings (SSSR count). The molecule has 2 aliphatic rings. The summed E-state index contributed by atoms with van der Waals surface area (Å²) in [6.07, 6.45) is 3.80. The summed E-state index contributed by atoms with van der Waals surface area (Å²) in [6.45, 7) is 9.71. The lowest BCUT2D eigenvalue weighted by Crippen LogP contribution is -2.49. The second-order valence-corrected chi connectivity index (χ2v) is 5.76. The molecule has 0 unspecified atom stereocenters. The van der Waals surface area contributed by atoms with Crippen LogP contribution < -0.4 is 0 Å². The van der Waals surface area contributed by atoms with Crippen molar-refractivity contribution in [3.63, 3.8) is 0 Å². The molecule has 116 valence electrons. The molecule has 1 amide bonds. The summed E-state index contributed by atoms with van der Waals surface area (Å²) in [6, 6.07) is 0. The van der Waals surface area contributed by atoms with Gasteiger partial charge < -0.3 is 14.4 Å². The fourth-order valence-electron chi connectivity index (χ4n) is 3.03. The van der Waals surface area contributed by atoms with Gasteiger partial charge in [-0.05, 0) is 12.8 Å². The molecule has 0 atom stereocenters. The molecular weight excluding hydrogens is 256 g/mol. The molecule has 2 fully saturated rings. The summed E-state index contributed by atoms with van der Waals surface area (Å²) >= 11 is 0. The first kappa shape index (κ1) is 15.7. The Balaban J connectivity index is 1.77. The molecule has 0 radical (unpaired) electrons. The van der Waals surface area contributed by atoms with Crippen LogP contribution in [0.3, 0.4) is 0 Å². The molecule has 1 spiro atoms. The largest absolute Gasteiger partial charge is 0.347 e. The highest BCUT2D eigenvalue weighted by Gasteiger charge is 2.40. The Morgan fingerprint density at radius 2 is 1.65 bits per heavy atom. The Kier molecular flexibility index (Phi) is 5.81. The van der Waals surface area contributed by atoms with Crippen LogP contribution >= 0.6 is 0 Å². The lowest BCUT2D eigenvalue weighted by molar-refractivity contribution is -0.186. The van der Waals surface area contributed by atoms with Gasteiger partial charge in [-0.25, -0.2) is 0 Å². The van der Waals surface area contributed by atoms with Crippen molar-refractivity contribution in [2.24, 2.45) is 0 Å². The van der Waals surface area contributed by atoms with Crippen LogP contribution in [-0.2, 0) is 14.3 Å². The molecule has 0 aromatic carbocycles. The van der Waals surface area contributed by atoms with Gasteiger partial charge in [-0.2, -0.15) is 0 Å². The first-order valence-corrected chi connectivity index (χ1v) is 7.97. The number of hydrogen-bond acceptors (Lipinski definition) is 4. The van der Waals surface area contributed by atoms with E-state index in [0.717, 1.165) is 51.9 Å². The number of likely N-dealkylation sites (tertiary alicyclic amines) is 1. The predicted molar refractivity (Wildman–Crippen MR) is 77.5 cm³/mol. The van der Waals surface area contributed by atoms with Crippen molar-refractivity contribution < 1.29 is 14.3 Å². The zero-order chi connectivity index (χ0) is 14.4. The normalized spacial score (nSPS) is 22.3. The van der Waals surface area contributed by atoms with Gasteiger partial charge in [0.25, 0.3) is 0 Å². The quantitative estimate of drug-likeness (QED) is 0.741. The maximum absolute atomic E-state index is 12.3. The van der Waals surface area contributed by atoms with Crippen molar-refractivity contribution in [3.8, 4) is 0 Å². The molecule has 5 nitrogen and oxygen atoms in total. The van der Waals surface area contributed by atoms with Gasteiger partial charge in [-0.1, -0.05) is 13.8 Å². The molecule has 20 heavy (non-hydrogen) atoms. The first-order chi connectivity index (χ1) is 9.69. The number of carbonyl (C=O) groups excluding carboxylic acids is 1. The zero-order valence-electron chi connectivity index (χ0n) is 12.9. The van der Waals surface area contributed by atoms with Gasteiger partial charge >= 0.3 is 0 Å². The molecule has 0 saturated carbocycles. The van der Waals surface area contributed by atoms with Crippen LogP contribution in [0.2, 0.25) is 0 Å². The summed E-state index contributed by atoms with van der Waals surface area (Å²) < 4.78 is 11.4. The Morgan fingerprint density at radius 1 is 1.10 bits per heavy atom. The Labute approximate surface area is 122 Å². The van der Waals surface area contributed by atoms with Crippen LogP contribution in [0.1, 0.15) is 39.5 Å².